The monoisotopic (exact) mass is 330 g/mol. The van der Waals surface area contributed by atoms with E-state index in [1.165, 1.54) is 12.1 Å². The van der Waals surface area contributed by atoms with E-state index in [1.54, 1.807) is 30.3 Å². The van der Waals surface area contributed by atoms with Crippen LogP contribution in [0.25, 0.3) is 6.08 Å². The molecule has 0 spiro atoms. The SMILES string of the molecule is Cc1ccc(S(=O)(=O)Oc2ccc3c(c2)OC(C)(C)C=C3)cc1. The van der Waals surface area contributed by atoms with Gasteiger partial charge < -0.3 is 8.92 Å². The van der Waals surface area contributed by atoms with Gasteiger partial charge in [0, 0.05) is 11.6 Å². The summed E-state index contributed by atoms with van der Waals surface area (Å²) in [5.74, 6) is 0.838. The molecule has 23 heavy (non-hydrogen) atoms. The van der Waals surface area contributed by atoms with Crippen LogP contribution in [0.2, 0.25) is 0 Å². The Kier molecular flexibility index (Phi) is 3.68. The predicted molar refractivity (Wildman–Crippen MR) is 89.2 cm³/mol. The van der Waals surface area contributed by atoms with Gasteiger partial charge in [0.2, 0.25) is 0 Å². The Morgan fingerprint density at radius 3 is 2.43 bits per heavy atom. The van der Waals surface area contributed by atoms with Gasteiger partial charge in [0.1, 0.15) is 22.0 Å². The van der Waals surface area contributed by atoms with Crippen LogP contribution in [0.1, 0.15) is 25.0 Å². The summed E-state index contributed by atoms with van der Waals surface area (Å²) in [6.07, 6.45) is 3.91. The fourth-order valence-corrected chi connectivity index (χ4v) is 3.20. The normalized spacial score (nSPS) is 15.6. The lowest BCUT2D eigenvalue weighted by Gasteiger charge is -2.27. The quantitative estimate of drug-likeness (QED) is 0.800. The summed E-state index contributed by atoms with van der Waals surface area (Å²) in [5.41, 5.74) is 1.45. The van der Waals surface area contributed by atoms with E-state index >= 15 is 0 Å². The molecule has 0 saturated heterocycles. The number of benzene rings is 2. The molecule has 0 N–H and O–H groups in total. The molecule has 0 radical (unpaired) electrons. The molecule has 0 bridgehead atoms. The molecule has 0 aliphatic carbocycles. The van der Waals surface area contributed by atoms with Crippen molar-refractivity contribution in [3.8, 4) is 11.5 Å². The summed E-state index contributed by atoms with van der Waals surface area (Å²) in [6, 6.07) is 11.5. The van der Waals surface area contributed by atoms with E-state index in [0.29, 0.717) is 5.75 Å². The Balaban J connectivity index is 1.89. The molecule has 0 amide bonds. The van der Waals surface area contributed by atoms with E-state index in [9.17, 15) is 8.42 Å². The van der Waals surface area contributed by atoms with Gasteiger partial charge in [-0.3, -0.25) is 0 Å². The minimum absolute atomic E-state index is 0.127. The van der Waals surface area contributed by atoms with Crippen molar-refractivity contribution in [1.29, 1.82) is 0 Å². The van der Waals surface area contributed by atoms with Crippen LogP contribution in [0.15, 0.2) is 53.4 Å². The van der Waals surface area contributed by atoms with Gasteiger partial charge in [-0.1, -0.05) is 23.8 Å². The van der Waals surface area contributed by atoms with E-state index in [0.717, 1.165) is 11.1 Å². The summed E-state index contributed by atoms with van der Waals surface area (Å²) < 4.78 is 35.7. The third-order valence-corrected chi connectivity index (χ3v) is 4.80. The van der Waals surface area contributed by atoms with Gasteiger partial charge >= 0.3 is 10.1 Å². The lowest BCUT2D eigenvalue weighted by molar-refractivity contribution is 0.158. The van der Waals surface area contributed by atoms with Crippen LogP contribution in [0.3, 0.4) is 0 Å². The molecule has 120 valence electrons. The maximum Gasteiger partial charge on any atom is 0.339 e. The van der Waals surface area contributed by atoms with Crippen molar-refractivity contribution in [2.75, 3.05) is 0 Å². The molecule has 0 atom stereocenters. The van der Waals surface area contributed by atoms with Gasteiger partial charge in [-0.15, -0.1) is 0 Å². The van der Waals surface area contributed by atoms with E-state index < -0.39 is 15.7 Å². The first-order chi connectivity index (χ1) is 10.8. The summed E-state index contributed by atoms with van der Waals surface area (Å²) in [6.45, 7) is 5.76. The zero-order valence-corrected chi connectivity index (χ0v) is 14.1. The number of fused-ring (bicyclic) bond motifs is 1. The molecule has 0 unspecified atom stereocenters. The largest absolute Gasteiger partial charge is 0.483 e. The fourth-order valence-electron chi connectivity index (χ4n) is 2.28. The van der Waals surface area contributed by atoms with E-state index in [1.807, 2.05) is 32.9 Å². The maximum atomic E-state index is 12.3. The summed E-state index contributed by atoms with van der Waals surface area (Å²) in [7, 11) is -3.86. The molecular formula is C18H18O4S. The molecule has 5 heteroatoms. The molecule has 0 fully saturated rings. The second-order valence-corrected chi connectivity index (χ2v) is 7.64. The minimum Gasteiger partial charge on any atom is -0.483 e. The number of hydrogen-bond donors (Lipinski definition) is 0. The van der Waals surface area contributed by atoms with Crippen molar-refractivity contribution < 1.29 is 17.3 Å². The van der Waals surface area contributed by atoms with Crippen molar-refractivity contribution in [2.45, 2.75) is 31.3 Å². The van der Waals surface area contributed by atoms with Crippen molar-refractivity contribution >= 4 is 16.2 Å². The topological polar surface area (TPSA) is 52.6 Å². The average molecular weight is 330 g/mol. The maximum absolute atomic E-state index is 12.3. The molecule has 0 aromatic heterocycles. The van der Waals surface area contributed by atoms with E-state index in [4.69, 9.17) is 8.92 Å². The highest BCUT2D eigenvalue weighted by Crippen LogP contribution is 2.34. The molecule has 2 aromatic carbocycles. The first-order valence-corrected chi connectivity index (χ1v) is 8.69. The van der Waals surface area contributed by atoms with Crippen molar-refractivity contribution in [3.63, 3.8) is 0 Å². The summed E-state index contributed by atoms with van der Waals surface area (Å²) >= 11 is 0. The molecule has 2 aromatic rings. The molecule has 1 aliphatic heterocycles. The highest BCUT2D eigenvalue weighted by molar-refractivity contribution is 7.87. The van der Waals surface area contributed by atoms with Gasteiger partial charge in [-0.25, -0.2) is 0 Å². The molecule has 1 heterocycles. The van der Waals surface area contributed by atoms with E-state index in [2.05, 4.69) is 0 Å². The molecule has 3 rings (SSSR count). The Bertz CT molecular complexity index is 862. The van der Waals surface area contributed by atoms with Crippen LogP contribution in [0, 0.1) is 6.92 Å². The molecular weight excluding hydrogens is 312 g/mol. The number of rotatable bonds is 3. The van der Waals surface area contributed by atoms with Crippen molar-refractivity contribution in [1.82, 2.24) is 0 Å². The Morgan fingerprint density at radius 1 is 1.04 bits per heavy atom. The Labute approximate surface area is 136 Å². The summed E-state index contributed by atoms with van der Waals surface area (Å²) in [5, 5.41) is 0. The zero-order chi connectivity index (χ0) is 16.7. The van der Waals surface area contributed by atoms with Crippen molar-refractivity contribution in [3.05, 3.63) is 59.7 Å². The lowest BCUT2D eigenvalue weighted by Crippen LogP contribution is -2.27. The van der Waals surface area contributed by atoms with Crippen LogP contribution in [-0.4, -0.2) is 14.0 Å². The number of hydrogen-bond acceptors (Lipinski definition) is 4. The minimum atomic E-state index is -3.86. The van der Waals surface area contributed by atoms with Gasteiger partial charge in [-0.2, -0.15) is 8.42 Å². The summed E-state index contributed by atoms with van der Waals surface area (Å²) in [4.78, 5) is 0.127. The van der Waals surface area contributed by atoms with Crippen LogP contribution in [-0.2, 0) is 10.1 Å². The highest BCUT2D eigenvalue weighted by Gasteiger charge is 2.23. The Hall–Kier alpha value is -2.27. The third kappa shape index (κ3) is 3.40. The predicted octanol–water partition coefficient (Wildman–Crippen LogP) is 3.95. The van der Waals surface area contributed by atoms with Crippen molar-refractivity contribution in [2.24, 2.45) is 0 Å². The third-order valence-electron chi connectivity index (χ3n) is 3.54. The van der Waals surface area contributed by atoms with Crippen LogP contribution >= 0.6 is 0 Å². The first kappa shape index (κ1) is 15.6. The smallest absolute Gasteiger partial charge is 0.339 e. The molecule has 0 saturated carbocycles. The Morgan fingerprint density at radius 2 is 1.74 bits per heavy atom. The van der Waals surface area contributed by atoms with Crippen LogP contribution in [0.4, 0.5) is 0 Å². The van der Waals surface area contributed by atoms with Gasteiger partial charge in [0.05, 0.1) is 0 Å². The highest BCUT2D eigenvalue weighted by atomic mass is 32.2. The number of ether oxygens (including phenoxy) is 1. The standard InChI is InChI=1S/C18H18O4S/c1-13-4-8-16(9-5-13)23(19,20)22-15-7-6-14-10-11-18(2,3)21-17(14)12-15/h4-12H,1-3H3. The first-order valence-electron chi connectivity index (χ1n) is 7.29. The fraction of sp³-hybridized carbons (Fsp3) is 0.222. The van der Waals surface area contributed by atoms with Crippen LogP contribution in [0.5, 0.6) is 11.5 Å². The second kappa shape index (κ2) is 5.42. The lowest BCUT2D eigenvalue weighted by atomic mass is 10.0. The molecule has 1 aliphatic rings. The van der Waals surface area contributed by atoms with Crippen LogP contribution < -0.4 is 8.92 Å². The van der Waals surface area contributed by atoms with Gasteiger partial charge in [0.25, 0.3) is 0 Å². The second-order valence-electron chi connectivity index (χ2n) is 6.09. The van der Waals surface area contributed by atoms with Gasteiger partial charge in [-0.05, 0) is 51.1 Å². The van der Waals surface area contributed by atoms with E-state index in [-0.39, 0.29) is 10.6 Å². The number of aryl methyl sites for hydroxylation is 1. The van der Waals surface area contributed by atoms with Gasteiger partial charge in [0.15, 0.2) is 0 Å². The molecule has 4 nitrogen and oxygen atoms in total. The zero-order valence-electron chi connectivity index (χ0n) is 13.2. The average Bonchev–Trinajstić information content (AvgIpc) is 2.46.